The van der Waals surface area contributed by atoms with Gasteiger partial charge in [0.15, 0.2) is 0 Å². The van der Waals surface area contributed by atoms with Gasteiger partial charge >= 0.3 is 0 Å². The molecule has 1 atom stereocenters. The highest BCUT2D eigenvalue weighted by molar-refractivity contribution is 5.85. The van der Waals surface area contributed by atoms with Crippen LogP contribution in [0.4, 0.5) is 0 Å². The van der Waals surface area contributed by atoms with Crippen molar-refractivity contribution < 1.29 is 0 Å². The SMILES string of the molecule is Cl.Cl.NC1CNCCCC12CC2. The fraction of sp³-hybridized carbons (Fsp3) is 1.00. The van der Waals surface area contributed by atoms with Gasteiger partial charge in [-0.1, -0.05) is 0 Å². The molecule has 0 aromatic carbocycles. The lowest BCUT2D eigenvalue weighted by atomic mass is 9.93. The summed E-state index contributed by atoms with van der Waals surface area (Å²) in [6.45, 7) is 2.22. The molecule has 1 aliphatic heterocycles. The second-order valence-electron chi connectivity index (χ2n) is 3.78. The number of rotatable bonds is 0. The fourth-order valence-corrected chi connectivity index (χ4v) is 2.01. The Bertz CT molecular complexity index is 137. The van der Waals surface area contributed by atoms with Crippen LogP contribution in [0, 0.1) is 5.41 Å². The van der Waals surface area contributed by atoms with Crippen molar-refractivity contribution in [3.05, 3.63) is 0 Å². The average Bonchev–Trinajstić information content (AvgIpc) is 2.69. The van der Waals surface area contributed by atoms with E-state index < -0.39 is 0 Å². The van der Waals surface area contributed by atoms with E-state index in [0.29, 0.717) is 11.5 Å². The van der Waals surface area contributed by atoms with E-state index in [4.69, 9.17) is 5.73 Å². The number of hydrogen-bond donors (Lipinski definition) is 2. The number of halogens is 2. The predicted molar refractivity (Wildman–Crippen MR) is 56.2 cm³/mol. The summed E-state index contributed by atoms with van der Waals surface area (Å²) in [5, 5.41) is 3.37. The number of nitrogens with two attached hydrogens (primary N) is 1. The summed E-state index contributed by atoms with van der Waals surface area (Å²) in [7, 11) is 0. The Balaban J connectivity index is 0.000000605. The smallest absolute Gasteiger partial charge is 0.0222 e. The normalized spacial score (nSPS) is 31.2. The van der Waals surface area contributed by atoms with Crippen LogP contribution in [0.5, 0.6) is 0 Å². The van der Waals surface area contributed by atoms with Gasteiger partial charge in [0.25, 0.3) is 0 Å². The van der Waals surface area contributed by atoms with Gasteiger partial charge in [0.1, 0.15) is 0 Å². The van der Waals surface area contributed by atoms with Gasteiger partial charge in [-0.25, -0.2) is 0 Å². The fourth-order valence-electron chi connectivity index (χ4n) is 2.01. The van der Waals surface area contributed by atoms with Crippen molar-refractivity contribution in [3.63, 3.8) is 0 Å². The van der Waals surface area contributed by atoms with Crippen LogP contribution in [0.25, 0.3) is 0 Å². The molecule has 0 amide bonds. The van der Waals surface area contributed by atoms with Crippen LogP contribution >= 0.6 is 24.8 Å². The highest BCUT2D eigenvalue weighted by Crippen LogP contribution is 2.52. The van der Waals surface area contributed by atoms with Crippen LogP contribution in [-0.4, -0.2) is 19.1 Å². The minimum atomic E-state index is 0. The van der Waals surface area contributed by atoms with E-state index in [9.17, 15) is 0 Å². The molecule has 2 aliphatic rings. The Kier molecular flexibility index (Phi) is 4.85. The molecule has 74 valence electrons. The third kappa shape index (κ3) is 2.25. The summed E-state index contributed by atoms with van der Waals surface area (Å²) in [6, 6.07) is 0.440. The quantitative estimate of drug-likeness (QED) is 0.636. The van der Waals surface area contributed by atoms with Gasteiger partial charge in [-0.3, -0.25) is 0 Å². The molecule has 1 saturated carbocycles. The lowest BCUT2D eigenvalue weighted by Gasteiger charge is -2.18. The first-order chi connectivity index (χ1) is 4.83. The molecule has 3 N–H and O–H groups in total. The zero-order valence-electron chi connectivity index (χ0n) is 7.21. The zero-order valence-corrected chi connectivity index (χ0v) is 8.85. The van der Waals surface area contributed by atoms with Crippen LogP contribution in [0.15, 0.2) is 0 Å². The van der Waals surface area contributed by atoms with Gasteiger partial charge in [-0.05, 0) is 37.6 Å². The molecule has 1 aliphatic carbocycles. The second kappa shape index (κ2) is 4.66. The maximum atomic E-state index is 6.01. The predicted octanol–water partition coefficient (Wildman–Crippen LogP) is 1.32. The topological polar surface area (TPSA) is 38.0 Å². The van der Waals surface area contributed by atoms with Crippen molar-refractivity contribution in [2.75, 3.05) is 13.1 Å². The van der Waals surface area contributed by atoms with Gasteiger partial charge < -0.3 is 11.1 Å². The summed E-state index contributed by atoms with van der Waals surface area (Å²) in [4.78, 5) is 0. The van der Waals surface area contributed by atoms with Crippen LogP contribution in [0.2, 0.25) is 0 Å². The van der Waals surface area contributed by atoms with E-state index in [1.807, 2.05) is 0 Å². The Morgan fingerprint density at radius 1 is 1.17 bits per heavy atom. The molecule has 0 aromatic heterocycles. The summed E-state index contributed by atoms with van der Waals surface area (Å²) in [6.07, 6.45) is 5.46. The van der Waals surface area contributed by atoms with Crippen molar-refractivity contribution in [3.8, 4) is 0 Å². The van der Waals surface area contributed by atoms with Crippen molar-refractivity contribution in [2.24, 2.45) is 11.1 Å². The summed E-state index contributed by atoms with van der Waals surface area (Å²) in [5.41, 5.74) is 6.60. The van der Waals surface area contributed by atoms with Crippen molar-refractivity contribution >= 4 is 24.8 Å². The van der Waals surface area contributed by atoms with E-state index in [1.165, 1.54) is 32.2 Å². The highest BCUT2D eigenvalue weighted by Gasteiger charge is 2.47. The Hall–Kier alpha value is 0.500. The second-order valence-corrected chi connectivity index (χ2v) is 3.78. The minimum absolute atomic E-state index is 0. The largest absolute Gasteiger partial charge is 0.326 e. The van der Waals surface area contributed by atoms with Crippen molar-refractivity contribution in [2.45, 2.75) is 31.7 Å². The molecule has 4 heteroatoms. The Morgan fingerprint density at radius 3 is 2.42 bits per heavy atom. The maximum Gasteiger partial charge on any atom is 0.0222 e. The van der Waals surface area contributed by atoms with Gasteiger partial charge in [-0.2, -0.15) is 0 Å². The molecule has 1 unspecified atom stereocenters. The molecule has 2 rings (SSSR count). The molecule has 1 saturated heterocycles. The lowest BCUT2D eigenvalue weighted by molar-refractivity contribution is 0.388. The van der Waals surface area contributed by atoms with E-state index in [1.54, 1.807) is 0 Å². The van der Waals surface area contributed by atoms with Gasteiger partial charge in [0, 0.05) is 12.6 Å². The first-order valence-electron chi connectivity index (χ1n) is 4.30. The van der Waals surface area contributed by atoms with Gasteiger partial charge in [0.05, 0.1) is 0 Å². The first-order valence-corrected chi connectivity index (χ1v) is 4.30. The van der Waals surface area contributed by atoms with Crippen LogP contribution in [0.3, 0.4) is 0 Å². The monoisotopic (exact) mass is 212 g/mol. The van der Waals surface area contributed by atoms with Gasteiger partial charge in [-0.15, -0.1) is 24.8 Å². The lowest BCUT2D eigenvalue weighted by Crippen LogP contribution is -2.38. The molecule has 1 heterocycles. The number of nitrogens with one attached hydrogen (secondary N) is 1. The maximum absolute atomic E-state index is 6.01. The summed E-state index contributed by atoms with van der Waals surface area (Å²) < 4.78 is 0. The van der Waals surface area contributed by atoms with Crippen molar-refractivity contribution in [1.29, 1.82) is 0 Å². The van der Waals surface area contributed by atoms with E-state index in [-0.39, 0.29) is 24.8 Å². The number of hydrogen-bond acceptors (Lipinski definition) is 2. The standard InChI is InChI=1S/C8H16N2.2ClH/c9-7-6-10-5-1-2-8(7)3-4-8;;/h7,10H,1-6,9H2;2*1H. The third-order valence-electron chi connectivity index (χ3n) is 3.07. The first kappa shape index (κ1) is 12.5. The Labute approximate surface area is 86.5 Å². The molecule has 0 radical (unpaired) electrons. The molecular formula is C8H18Cl2N2. The molecule has 2 fully saturated rings. The average molecular weight is 213 g/mol. The van der Waals surface area contributed by atoms with Crippen LogP contribution in [-0.2, 0) is 0 Å². The molecule has 1 spiro atoms. The van der Waals surface area contributed by atoms with Gasteiger partial charge in [0.2, 0.25) is 0 Å². The van der Waals surface area contributed by atoms with Crippen molar-refractivity contribution in [1.82, 2.24) is 5.32 Å². The third-order valence-corrected chi connectivity index (χ3v) is 3.07. The molecular weight excluding hydrogens is 195 g/mol. The van der Waals surface area contributed by atoms with E-state index >= 15 is 0 Å². The van der Waals surface area contributed by atoms with Crippen LogP contribution in [0.1, 0.15) is 25.7 Å². The molecule has 12 heavy (non-hydrogen) atoms. The van der Waals surface area contributed by atoms with E-state index in [0.717, 1.165) is 6.54 Å². The highest BCUT2D eigenvalue weighted by atomic mass is 35.5. The summed E-state index contributed by atoms with van der Waals surface area (Å²) >= 11 is 0. The summed E-state index contributed by atoms with van der Waals surface area (Å²) in [5.74, 6) is 0. The zero-order chi connectivity index (χ0) is 7.03. The molecule has 0 bridgehead atoms. The molecule has 0 aromatic rings. The van der Waals surface area contributed by atoms with E-state index in [2.05, 4.69) is 5.32 Å². The van der Waals surface area contributed by atoms with Crippen LogP contribution < -0.4 is 11.1 Å². The Morgan fingerprint density at radius 2 is 1.83 bits per heavy atom. The molecule has 2 nitrogen and oxygen atoms in total. The minimum Gasteiger partial charge on any atom is -0.326 e.